The van der Waals surface area contributed by atoms with E-state index in [0.717, 1.165) is 0 Å². The zero-order valence-corrected chi connectivity index (χ0v) is 7.91. The maximum atomic E-state index is 6.14. The molecule has 0 aliphatic carbocycles. The summed E-state index contributed by atoms with van der Waals surface area (Å²) >= 11 is 8.35. The predicted molar refractivity (Wildman–Crippen MR) is 48.5 cm³/mol. The molecule has 0 amide bonds. The molecule has 0 aromatic heterocycles. The van der Waals surface area contributed by atoms with Crippen LogP contribution in [0.4, 0.5) is 0 Å². The summed E-state index contributed by atoms with van der Waals surface area (Å²) in [6, 6.07) is 0. The second-order valence-corrected chi connectivity index (χ2v) is 1.86. The summed E-state index contributed by atoms with van der Waals surface area (Å²) < 4.78 is 0. The number of nitrogens with two attached hydrogens (primary N) is 2. The Labute approximate surface area is 85.3 Å². The molecule has 0 fully saturated rings. The molecule has 0 bridgehead atoms. The van der Waals surface area contributed by atoms with Gasteiger partial charge in [-0.25, -0.2) is 0 Å². The SMILES string of the molecule is [NH-]NC(N)=S.[NH-]NC(N)=S.[Ni+2]. The Morgan fingerprint density at radius 2 is 1.09 bits per heavy atom. The molecule has 0 spiro atoms. The predicted octanol–water partition coefficient (Wildman–Crippen LogP) is -0.429. The van der Waals surface area contributed by atoms with Gasteiger partial charge in [-0.2, -0.15) is 0 Å². The van der Waals surface area contributed by atoms with Crippen molar-refractivity contribution in [3.05, 3.63) is 11.7 Å². The van der Waals surface area contributed by atoms with Crippen LogP contribution in [0.5, 0.6) is 0 Å². The van der Waals surface area contributed by atoms with E-state index in [4.69, 9.17) is 23.2 Å². The van der Waals surface area contributed by atoms with Crippen LogP contribution in [0.25, 0.3) is 11.7 Å². The molecule has 11 heavy (non-hydrogen) atoms. The summed E-state index contributed by atoms with van der Waals surface area (Å²) in [6.45, 7) is 0. The minimum Gasteiger partial charge on any atom is -0.584 e. The second kappa shape index (κ2) is 12.5. The van der Waals surface area contributed by atoms with Crippen LogP contribution < -0.4 is 22.3 Å². The van der Waals surface area contributed by atoms with Crippen LogP contribution >= 0.6 is 24.4 Å². The van der Waals surface area contributed by atoms with Crippen molar-refractivity contribution in [1.29, 1.82) is 0 Å². The van der Waals surface area contributed by atoms with Gasteiger partial charge in [-0.15, -0.1) is 0 Å². The van der Waals surface area contributed by atoms with Crippen LogP contribution in [0.3, 0.4) is 0 Å². The maximum absolute atomic E-state index is 6.14. The van der Waals surface area contributed by atoms with Gasteiger partial charge in [-0.1, -0.05) is 0 Å². The molecule has 0 atom stereocenters. The topological polar surface area (TPSA) is 124 Å². The molecule has 0 radical (unpaired) electrons. The van der Waals surface area contributed by atoms with Crippen molar-refractivity contribution in [2.45, 2.75) is 0 Å². The summed E-state index contributed by atoms with van der Waals surface area (Å²) in [5.74, 6) is 12.3. The quantitative estimate of drug-likeness (QED) is 0.258. The van der Waals surface area contributed by atoms with Gasteiger partial charge in [0.05, 0.1) is 0 Å². The average Bonchev–Trinajstić information content (AvgIpc) is 1.89. The molecule has 8 N–H and O–H groups in total. The molecule has 9 heteroatoms. The summed E-state index contributed by atoms with van der Waals surface area (Å²) in [5.41, 5.74) is 13.0. The van der Waals surface area contributed by atoms with Crippen LogP contribution in [0.15, 0.2) is 0 Å². The summed E-state index contributed by atoms with van der Waals surface area (Å²) in [5, 5.41) is 0.00926. The smallest absolute Gasteiger partial charge is 0.584 e. The number of thiocarbonyl (C=S) groups is 2. The molecule has 0 aromatic rings. The van der Waals surface area contributed by atoms with E-state index in [-0.39, 0.29) is 26.7 Å². The van der Waals surface area contributed by atoms with Crippen LogP contribution in [-0.2, 0) is 16.5 Å². The molecule has 0 aliphatic heterocycles. The zero-order valence-electron chi connectivity index (χ0n) is 5.29. The van der Waals surface area contributed by atoms with Crippen molar-refractivity contribution in [3.8, 4) is 0 Å². The van der Waals surface area contributed by atoms with E-state index in [1.807, 2.05) is 0 Å². The van der Waals surface area contributed by atoms with Crippen LogP contribution in [-0.4, -0.2) is 10.2 Å². The normalized spacial score (nSPS) is 6.00. The van der Waals surface area contributed by atoms with Crippen molar-refractivity contribution >= 4 is 34.7 Å². The molecule has 0 saturated heterocycles. The van der Waals surface area contributed by atoms with Gasteiger partial charge in [0.15, 0.2) is 0 Å². The molecule has 0 saturated carbocycles. The van der Waals surface area contributed by atoms with Gasteiger partial charge >= 0.3 is 16.5 Å². The Morgan fingerprint density at radius 3 is 1.09 bits per heavy atom. The van der Waals surface area contributed by atoms with Crippen LogP contribution in [0.2, 0.25) is 0 Å². The third kappa shape index (κ3) is 41.3. The molecule has 0 rings (SSSR count). The van der Waals surface area contributed by atoms with E-state index in [2.05, 4.69) is 24.4 Å². The fraction of sp³-hybridized carbons (Fsp3) is 0. The van der Waals surface area contributed by atoms with Gasteiger partial charge < -0.3 is 34.0 Å². The third-order valence-electron chi connectivity index (χ3n) is 0.246. The number of nitrogens with one attached hydrogen (secondary N) is 4. The van der Waals surface area contributed by atoms with Crippen molar-refractivity contribution in [2.75, 3.05) is 0 Å². The molecular formula is C2H8N6NiS2. The van der Waals surface area contributed by atoms with Gasteiger partial charge in [0.1, 0.15) is 10.2 Å². The Bertz CT molecular complexity index is 103. The first-order valence-electron chi connectivity index (χ1n) is 1.99. The van der Waals surface area contributed by atoms with Gasteiger partial charge in [-0.3, -0.25) is 0 Å². The second-order valence-electron chi connectivity index (χ2n) is 0.979. The number of hydrogen-bond donors (Lipinski definition) is 4. The van der Waals surface area contributed by atoms with E-state index < -0.39 is 0 Å². The van der Waals surface area contributed by atoms with Crippen LogP contribution in [0, 0.1) is 0 Å². The monoisotopic (exact) mass is 238 g/mol. The fourth-order valence-electron chi connectivity index (χ4n) is 0. The van der Waals surface area contributed by atoms with E-state index in [0.29, 0.717) is 0 Å². The summed E-state index contributed by atoms with van der Waals surface area (Å²) in [6.07, 6.45) is 0. The van der Waals surface area contributed by atoms with Crippen molar-refractivity contribution in [2.24, 2.45) is 11.5 Å². The number of hydrogen-bond acceptors (Lipinski definition) is 2. The maximum Gasteiger partial charge on any atom is 2.00 e. The largest absolute Gasteiger partial charge is 2.00 e. The first-order chi connectivity index (χ1) is 4.54. The standard InChI is InChI=1S/2CH4N3S.Ni/c2*2-1(5)4-3;/h2*3H,(H3,2,4,5);/q2*-1;+2. The Hall–Kier alpha value is -0.206. The molecule has 6 nitrogen and oxygen atoms in total. The van der Waals surface area contributed by atoms with Gasteiger partial charge in [0.25, 0.3) is 0 Å². The Morgan fingerprint density at radius 1 is 1.00 bits per heavy atom. The number of rotatable bonds is 0. The fourth-order valence-corrected chi connectivity index (χ4v) is 0. The molecular weight excluding hydrogens is 231 g/mol. The van der Waals surface area contributed by atoms with Gasteiger partial charge in [-0.05, 0) is 24.4 Å². The minimum atomic E-state index is 0. The van der Waals surface area contributed by atoms with E-state index in [1.165, 1.54) is 0 Å². The molecule has 0 aromatic carbocycles. The van der Waals surface area contributed by atoms with Gasteiger partial charge in [0, 0.05) is 0 Å². The van der Waals surface area contributed by atoms with Gasteiger partial charge in [0.2, 0.25) is 0 Å². The van der Waals surface area contributed by atoms with Crippen molar-refractivity contribution < 1.29 is 16.5 Å². The Kier molecular flexibility index (Phi) is 19.3. The van der Waals surface area contributed by atoms with E-state index in [9.17, 15) is 0 Å². The molecule has 0 unspecified atom stereocenters. The minimum absolute atomic E-state index is 0. The van der Waals surface area contributed by atoms with Crippen molar-refractivity contribution in [3.63, 3.8) is 0 Å². The van der Waals surface area contributed by atoms with Crippen molar-refractivity contribution in [1.82, 2.24) is 10.9 Å². The van der Waals surface area contributed by atoms with E-state index >= 15 is 0 Å². The summed E-state index contributed by atoms with van der Waals surface area (Å²) in [7, 11) is 0. The van der Waals surface area contributed by atoms with Crippen LogP contribution in [0.1, 0.15) is 0 Å². The third-order valence-corrected chi connectivity index (χ3v) is 0.451. The average molecular weight is 239 g/mol. The zero-order chi connectivity index (χ0) is 8.57. The Balaban J connectivity index is -0.000000107. The molecule has 0 heterocycles. The molecule has 0 aliphatic rings. The first kappa shape index (κ1) is 17.0. The first-order valence-corrected chi connectivity index (χ1v) is 2.80. The van der Waals surface area contributed by atoms with E-state index in [1.54, 1.807) is 10.9 Å². The summed E-state index contributed by atoms with van der Waals surface area (Å²) in [4.78, 5) is 0. The molecule has 68 valence electrons.